The van der Waals surface area contributed by atoms with Gasteiger partial charge in [0.25, 0.3) is 11.6 Å². The summed E-state index contributed by atoms with van der Waals surface area (Å²) in [5, 5.41) is 13.4. The minimum atomic E-state index is -0.493. The predicted molar refractivity (Wildman–Crippen MR) is 97.4 cm³/mol. The Labute approximate surface area is 155 Å². The van der Waals surface area contributed by atoms with Crippen LogP contribution in [0, 0.1) is 10.1 Å². The number of methoxy groups -OCH3 is 1. The van der Waals surface area contributed by atoms with Gasteiger partial charge < -0.3 is 14.8 Å². The number of carbonyl (C=O) groups excluding carboxylic acids is 2. The number of nitrogens with one attached hydrogen (secondary N) is 1. The van der Waals surface area contributed by atoms with Crippen LogP contribution in [0.1, 0.15) is 15.9 Å². The first-order valence-electron chi connectivity index (χ1n) is 7.99. The fourth-order valence-corrected chi connectivity index (χ4v) is 2.14. The second-order valence-electron chi connectivity index (χ2n) is 5.34. The van der Waals surface area contributed by atoms with Gasteiger partial charge in [0.15, 0.2) is 0 Å². The van der Waals surface area contributed by atoms with Gasteiger partial charge >= 0.3 is 5.97 Å². The van der Waals surface area contributed by atoms with Crippen LogP contribution in [0.2, 0.25) is 0 Å². The molecule has 0 saturated carbocycles. The zero-order chi connectivity index (χ0) is 19.6. The third-order valence-corrected chi connectivity index (χ3v) is 3.52. The first-order chi connectivity index (χ1) is 13.0. The van der Waals surface area contributed by atoms with E-state index in [0.717, 1.165) is 5.56 Å². The molecule has 0 aliphatic rings. The molecule has 8 heteroatoms. The molecule has 0 radical (unpaired) electrons. The number of esters is 1. The van der Waals surface area contributed by atoms with Crippen molar-refractivity contribution in [1.82, 2.24) is 5.32 Å². The van der Waals surface area contributed by atoms with E-state index in [2.05, 4.69) is 10.1 Å². The average Bonchev–Trinajstić information content (AvgIpc) is 2.69. The summed E-state index contributed by atoms with van der Waals surface area (Å²) in [6, 6.07) is 12.6. The lowest BCUT2D eigenvalue weighted by atomic mass is 10.1. The van der Waals surface area contributed by atoms with Crippen LogP contribution in [-0.2, 0) is 16.1 Å². The number of nitrogens with zero attached hydrogens (tertiary/aromatic N) is 1. The molecular weight excluding hydrogens is 352 g/mol. The number of benzene rings is 2. The van der Waals surface area contributed by atoms with Crippen molar-refractivity contribution in [1.29, 1.82) is 0 Å². The van der Waals surface area contributed by atoms with E-state index in [1.807, 2.05) is 0 Å². The summed E-state index contributed by atoms with van der Waals surface area (Å²) in [6.45, 7) is 0.315. The molecular formula is C19H18N2O6. The van der Waals surface area contributed by atoms with Crippen molar-refractivity contribution in [3.63, 3.8) is 0 Å². The van der Waals surface area contributed by atoms with Gasteiger partial charge in [-0.25, -0.2) is 4.79 Å². The first-order valence-corrected chi connectivity index (χ1v) is 7.99. The quantitative estimate of drug-likeness (QED) is 0.331. The molecule has 1 amide bonds. The minimum absolute atomic E-state index is 0.0103. The Bertz CT molecular complexity index is 846. The van der Waals surface area contributed by atoms with Crippen molar-refractivity contribution in [2.24, 2.45) is 0 Å². The van der Waals surface area contributed by atoms with Crippen molar-refractivity contribution < 1.29 is 24.0 Å². The number of non-ortho nitro benzene ring substituents is 1. The van der Waals surface area contributed by atoms with Crippen molar-refractivity contribution in [3.8, 4) is 5.75 Å². The lowest BCUT2D eigenvalue weighted by Gasteiger charge is -2.10. The highest BCUT2D eigenvalue weighted by atomic mass is 16.6. The molecule has 1 N–H and O–H groups in total. The van der Waals surface area contributed by atoms with E-state index in [4.69, 9.17) is 4.74 Å². The fraction of sp³-hybridized carbons (Fsp3) is 0.158. The molecule has 0 unspecified atom stereocenters. The summed E-state index contributed by atoms with van der Waals surface area (Å²) in [5.74, 6) is -0.471. The summed E-state index contributed by atoms with van der Waals surface area (Å²) < 4.78 is 9.99. The molecule has 0 bridgehead atoms. The normalized spacial score (nSPS) is 10.4. The van der Waals surface area contributed by atoms with E-state index in [1.54, 1.807) is 36.4 Å². The number of nitro groups is 1. The molecule has 0 aliphatic carbocycles. The maximum Gasteiger partial charge on any atom is 0.330 e. The summed E-state index contributed by atoms with van der Waals surface area (Å²) in [4.78, 5) is 33.6. The number of ether oxygens (including phenoxy) is 2. The zero-order valence-electron chi connectivity index (χ0n) is 14.6. The Morgan fingerprint density at radius 3 is 2.52 bits per heavy atom. The molecule has 0 atom stereocenters. The van der Waals surface area contributed by atoms with Crippen molar-refractivity contribution in [2.45, 2.75) is 6.54 Å². The van der Waals surface area contributed by atoms with Crippen LogP contribution in [0.4, 0.5) is 5.69 Å². The third-order valence-electron chi connectivity index (χ3n) is 3.52. The van der Waals surface area contributed by atoms with Crippen LogP contribution < -0.4 is 10.1 Å². The SMILES string of the molecule is COC(=O)/C=C\COc1ccccc1C(=O)NCc1ccc([N+](=O)[O-])cc1. The summed E-state index contributed by atoms with van der Waals surface area (Å²) in [7, 11) is 1.28. The van der Waals surface area contributed by atoms with E-state index in [1.165, 1.54) is 31.4 Å². The highest BCUT2D eigenvalue weighted by molar-refractivity contribution is 5.96. The highest BCUT2D eigenvalue weighted by Gasteiger charge is 2.12. The molecule has 140 valence electrons. The molecule has 0 saturated heterocycles. The number of nitro benzene ring substituents is 1. The van der Waals surface area contributed by atoms with Gasteiger partial charge in [0.1, 0.15) is 12.4 Å². The molecule has 0 heterocycles. The van der Waals surface area contributed by atoms with Gasteiger partial charge in [-0.05, 0) is 23.8 Å². The third kappa shape index (κ3) is 5.96. The van der Waals surface area contributed by atoms with Crippen molar-refractivity contribution >= 4 is 17.6 Å². The second-order valence-corrected chi connectivity index (χ2v) is 5.34. The van der Waals surface area contributed by atoms with Crippen LogP contribution in [0.5, 0.6) is 5.75 Å². The van der Waals surface area contributed by atoms with Gasteiger partial charge in [-0.15, -0.1) is 0 Å². The van der Waals surface area contributed by atoms with Crippen molar-refractivity contribution in [3.05, 3.63) is 81.9 Å². The predicted octanol–water partition coefficient (Wildman–Crippen LogP) is 2.63. The molecule has 2 rings (SSSR count). The standard InChI is InChI=1S/C19H18N2O6/c1-26-18(22)7-4-12-27-17-6-3-2-5-16(17)19(23)20-13-14-8-10-15(11-9-14)21(24)25/h2-11H,12-13H2,1H3,(H,20,23)/b7-4-. The largest absolute Gasteiger partial charge is 0.489 e. The van der Waals surface area contributed by atoms with Crippen LogP contribution in [0.3, 0.4) is 0 Å². The fourth-order valence-electron chi connectivity index (χ4n) is 2.14. The van der Waals surface area contributed by atoms with E-state index in [-0.39, 0.29) is 24.7 Å². The lowest BCUT2D eigenvalue weighted by Crippen LogP contribution is -2.23. The zero-order valence-corrected chi connectivity index (χ0v) is 14.6. The monoisotopic (exact) mass is 370 g/mol. The van der Waals surface area contributed by atoms with E-state index < -0.39 is 10.9 Å². The van der Waals surface area contributed by atoms with E-state index in [0.29, 0.717) is 11.3 Å². The van der Waals surface area contributed by atoms with Crippen LogP contribution in [0.15, 0.2) is 60.7 Å². The first kappa shape index (κ1) is 19.6. The maximum absolute atomic E-state index is 12.4. The van der Waals surface area contributed by atoms with Crippen LogP contribution >= 0.6 is 0 Å². The number of amides is 1. The Hall–Kier alpha value is -3.68. The minimum Gasteiger partial charge on any atom is -0.489 e. The molecule has 2 aromatic carbocycles. The number of hydrogen-bond donors (Lipinski definition) is 1. The van der Waals surface area contributed by atoms with Gasteiger partial charge in [0.2, 0.25) is 0 Å². The van der Waals surface area contributed by atoms with E-state index in [9.17, 15) is 19.7 Å². The molecule has 0 spiro atoms. The summed E-state index contributed by atoms with van der Waals surface area (Å²) in [5.41, 5.74) is 1.06. The number of hydrogen-bond acceptors (Lipinski definition) is 6. The van der Waals surface area contributed by atoms with Gasteiger partial charge in [-0.3, -0.25) is 14.9 Å². The van der Waals surface area contributed by atoms with E-state index >= 15 is 0 Å². The Kier molecular flexibility index (Phi) is 7.07. The van der Waals surface area contributed by atoms with Crippen LogP contribution in [0.25, 0.3) is 0 Å². The lowest BCUT2D eigenvalue weighted by molar-refractivity contribution is -0.384. The Morgan fingerprint density at radius 2 is 1.85 bits per heavy atom. The number of para-hydroxylation sites is 1. The van der Waals surface area contributed by atoms with Gasteiger partial charge in [0, 0.05) is 24.8 Å². The summed E-state index contributed by atoms with van der Waals surface area (Å²) in [6.07, 6.45) is 2.72. The second kappa shape index (κ2) is 9.71. The van der Waals surface area contributed by atoms with Crippen LogP contribution in [-0.4, -0.2) is 30.5 Å². The molecule has 27 heavy (non-hydrogen) atoms. The smallest absolute Gasteiger partial charge is 0.330 e. The Balaban J connectivity index is 1.96. The number of rotatable bonds is 8. The Morgan fingerprint density at radius 1 is 1.15 bits per heavy atom. The topological polar surface area (TPSA) is 108 Å². The molecule has 0 aliphatic heterocycles. The molecule has 8 nitrogen and oxygen atoms in total. The molecule has 0 fully saturated rings. The van der Waals surface area contributed by atoms with Gasteiger partial charge in [-0.1, -0.05) is 24.3 Å². The number of carbonyl (C=O) groups is 2. The highest BCUT2D eigenvalue weighted by Crippen LogP contribution is 2.18. The molecule has 0 aromatic heterocycles. The summed E-state index contributed by atoms with van der Waals surface area (Å²) >= 11 is 0. The van der Waals surface area contributed by atoms with Crippen molar-refractivity contribution in [2.75, 3.05) is 13.7 Å². The van der Waals surface area contributed by atoms with Gasteiger partial charge in [-0.2, -0.15) is 0 Å². The maximum atomic E-state index is 12.4. The molecule has 2 aromatic rings. The van der Waals surface area contributed by atoms with Gasteiger partial charge in [0.05, 0.1) is 17.6 Å². The average molecular weight is 370 g/mol.